The van der Waals surface area contributed by atoms with Gasteiger partial charge in [0.25, 0.3) is 5.91 Å². The molecule has 1 aromatic carbocycles. The van der Waals surface area contributed by atoms with E-state index in [1.807, 2.05) is 29.2 Å². The standard InChI is InChI=1S/C28H36N4O2S/c1-21-7-4-5-16-30(21)17-6-15-29-27(33)23-12-18-31(19-13-23)28(34)25-10-11-26(35-25)32-20-14-22-8-2-3-9-24(22)32/h2-3,8-11,14,20-21,23H,4-7,12-13,15-19H2,1H3,(H,29,33)/t21-/m0/s1. The summed E-state index contributed by atoms with van der Waals surface area (Å²) in [6, 6.07) is 15.0. The van der Waals surface area contributed by atoms with Gasteiger partial charge in [0.2, 0.25) is 5.91 Å². The molecular formula is C28H36N4O2S. The second-order valence-corrected chi connectivity index (χ2v) is 11.0. The van der Waals surface area contributed by atoms with Crippen molar-refractivity contribution in [3.8, 4) is 5.00 Å². The van der Waals surface area contributed by atoms with Crippen molar-refractivity contribution in [1.29, 1.82) is 0 Å². The summed E-state index contributed by atoms with van der Waals surface area (Å²) in [6.45, 7) is 6.59. The van der Waals surface area contributed by atoms with Gasteiger partial charge in [0.15, 0.2) is 0 Å². The highest BCUT2D eigenvalue weighted by molar-refractivity contribution is 7.16. The number of carbonyl (C=O) groups excluding carboxylic acids is 2. The fourth-order valence-corrected chi connectivity index (χ4v) is 6.45. The molecule has 5 rings (SSSR count). The van der Waals surface area contributed by atoms with Crippen molar-refractivity contribution in [3.63, 3.8) is 0 Å². The highest BCUT2D eigenvalue weighted by atomic mass is 32.1. The highest BCUT2D eigenvalue weighted by Crippen LogP contribution is 2.28. The number of aromatic nitrogens is 1. The number of rotatable bonds is 7. The molecule has 35 heavy (non-hydrogen) atoms. The SMILES string of the molecule is C[C@H]1CCCCN1CCCNC(=O)C1CCN(C(=O)c2ccc(-n3ccc4ccccc43)s2)CC1. The number of fused-ring (bicyclic) bond motifs is 1. The maximum absolute atomic E-state index is 13.1. The number of nitrogens with one attached hydrogen (secondary N) is 1. The third-order valence-corrected chi connectivity index (χ3v) is 8.73. The summed E-state index contributed by atoms with van der Waals surface area (Å²) < 4.78 is 2.14. The molecule has 0 unspecified atom stereocenters. The van der Waals surface area contributed by atoms with Crippen LogP contribution in [-0.2, 0) is 4.79 Å². The Morgan fingerprint density at radius 3 is 2.66 bits per heavy atom. The maximum atomic E-state index is 13.1. The molecule has 2 aromatic heterocycles. The number of hydrogen-bond acceptors (Lipinski definition) is 4. The Bertz CT molecular complexity index is 1160. The third-order valence-electron chi connectivity index (χ3n) is 7.65. The van der Waals surface area contributed by atoms with Crippen LogP contribution < -0.4 is 5.32 Å². The lowest BCUT2D eigenvalue weighted by Crippen LogP contribution is -2.43. The van der Waals surface area contributed by atoms with Gasteiger partial charge in [-0.15, -0.1) is 11.3 Å². The Labute approximate surface area is 211 Å². The predicted octanol–water partition coefficient (Wildman–Crippen LogP) is 4.92. The molecule has 3 aromatic rings. The van der Waals surface area contributed by atoms with E-state index < -0.39 is 0 Å². The van der Waals surface area contributed by atoms with Gasteiger partial charge in [0.1, 0.15) is 5.00 Å². The number of carbonyl (C=O) groups is 2. The van der Waals surface area contributed by atoms with Crippen LogP contribution in [0.2, 0.25) is 0 Å². The zero-order valence-corrected chi connectivity index (χ0v) is 21.4. The minimum absolute atomic E-state index is 0.0121. The molecule has 2 aliphatic heterocycles. The Hall–Kier alpha value is -2.64. The predicted molar refractivity (Wildman–Crippen MR) is 142 cm³/mol. The van der Waals surface area contributed by atoms with Gasteiger partial charge in [-0.05, 0) is 75.2 Å². The highest BCUT2D eigenvalue weighted by Gasteiger charge is 2.28. The maximum Gasteiger partial charge on any atom is 0.263 e. The minimum Gasteiger partial charge on any atom is -0.356 e. The second kappa shape index (κ2) is 11.0. The second-order valence-electron chi connectivity index (χ2n) is 9.97. The van der Waals surface area contributed by atoms with Crippen LogP contribution in [-0.4, -0.2) is 64.9 Å². The lowest BCUT2D eigenvalue weighted by atomic mass is 9.95. The number of thiophene rings is 1. The van der Waals surface area contributed by atoms with E-state index >= 15 is 0 Å². The summed E-state index contributed by atoms with van der Waals surface area (Å²) in [5.74, 6) is 0.243. The van der Waals surface area contributed by atoms with Crippen molar-refractivity contribution >= 4 is 34.1 Å². The molecule has 0 spiro atoms. The van der Waals surface area contributed by atoms with Gasteiger partial charge in [-0.3, -0.25) is 9.59 Å². The topological polar surface area (TPSA) is 57.6 Å². The van der Waals surface area contributed by atoms with E-state index in [-0.39, 0.29) is 17.7 Å². The Morgan fingerprint density at radius 2 is 1.83 bits per heavy atom. The van der Waals surface area contributed by atoms with Crippen LogP contribution in [0.4, 0.5) is 0 Å². The first-order chi connectivity index (χ1) is 17.1. The summed E-state index contributed by atoms with van der Waals surface area (Å²) in [6.07, 6.45) is 8.46. The van der Waals surface area contributed by atoms with Gasteiger partial charge >= 0.3 is 0 Å². The van der Waals surface area contributed by atoms with Gasteiger partial charge in [-0.1, -0.05) is 24.6 Å². The number of nitrogens with zero attached hydrogens (tertiary/aromatic N) is 3. The summed E-state index contributed by atoms with van der Waals surface area (Å²) >= 11 is 1.53. The molecule has 4 heterocycles. The molecule has 2 aliphatic rings. The van der Waals surface area contributed by atoms with Crippen LogP contribution in [0.1, 0.15) is 55.1 Å². The molecule has 0 aliphatic carbocycles. The van der Waals surface area contributed by atoms with Gasteiger partial charge in [0, 0.05) is 44.3 Å². The summed E-state index contributed by atoms with van der Waals surface area (Å²) in [5.41, 5.74) is 1.14. The van der Waals surface area contributed by atoms with Crippen molar-refractivity contribution in [2.24, 2.45) is 5.92 Å². The van der Waals surface area contributed by atoms with E-state index in [4.69, 9.17) is 0 Å². The Morgan fingerprint density at radius 1 is 1.00 bits per heavy atom. The number of benzene rings is 1. The molecular weight excluding hydrogens is 456 g/mol. The first kappa shape index (κ1) is 24.1. The summed E-state index contributed by atoms with van der Waals surface area (Å²) in [5, 5.41) is 5.38. The number of para-hydroxylation sites is 1. The average Bonchev–Trinajstić information content (AvgIpc) is 3.54. The smallest absolute Gasteiger partial charge is 0.263 e. The average molecular weight is 493 g/mol. The van der Waals surface area contributed by atoms with E-state index in [1.54, 1.807) is 0 Å². The molecule has 0 radical (unpaired) electrons. The van der Waals surface area contributed by atoms with E-state index in [0.29, 0.717) is 19.1 Å². The van der Waals surface area contributed by atoms with Crippen molar-refractivity contribution < 1.29 is 9.59 Å². The van der Waals surface area contributed by atoms with E-state index in [0.717, 1.165) is 47.7 Å². The molecule has 1 N–H and O–H groups in total. The molecule has 186 valence electrons. The lowest BCUT2D eigenvalue weighted by molar-refractivity contribution is -0.126. The molecule has 7 heteroatoms. The molecule has 6 nitrogen and oxygen atoms in total. The van der Waals surface area contributed by atoms with Crippen LogP contribution in [0.5, 0.6) is 0 Å². The molecule has 2 fully saturated rings. The number of piperidine rings is 2. The van der Waals surface area contributed by atoms with E-state index in [9.17, 15) is 9.59 Å². The minimum atomic E-state index is 0.0121. The number of amides is 2. The molecule has 2 amide bonds. The Balaban J connectivity index is 1.08. The van der Waals surface area contributed by atoms with Gasteiger partial charge < -0.3 is 19.7 Å². The van der Waals surface area contributed by atoms with Crippen LogP contribution in [0, 0.1) is 5.92 Å². The van der Waals surface area contributed by atoms with Crippen LogP contribution in [0.25, 0.3) is 15.9 Å². The summed E-state index contributed by atoms with van der Waals surface area (Å²) in [4.78, 5) is 31.0. The largest absolute Gasteiger partial charge is 0.356 e. The fourth-order valence-electron chi connectivity index (χ4n) is 5.48. The first-order valence-electron chi connectivity index (χ1n) is 13.1. The zero-order chi connectivity index (χ0) is 24.2. The van der Waals surface area contributed by atoms with Gasteiger partial charge in [0.05, 0.1) is 10.4 Å². The Kier molecular flexibility index (Phi) is 7.54. The number of hydrogen-bond donors (Lipinski definition) is 1. The van der Waals surface area contributed by atoms with Crippen LogP contribution in [0.3, 0.4) is 0 Å². The first-order valence-corrected chi connectivity index (χ1v) is 13.9. The van der Waals surface area contributed by atoms with Crippen LogP contribution in [0.15, 0.2) is 48.7 Å². The van der Waals surface area contributed by atoms with Crippen molar-refractivity contribution in [2.75, 3.05) is 32.7 Å². The fraction of sp³-hybridized carbons (Fsp3) is 0.500. The van der Waals surface area contributed by atoms with E-state index in [1.165, 1.54) is 42.5 Å². The molecule has 1 atom stereocenters. The number of likely N-dealkylation sites (tertiary alicyclic amines) is 2. The molecule has 0 saturated carbocycles. The quantitative estimate of drug-likeness (QED) is 0.476. The third kappa shape index (κ3) is 5.46. The molecule has 2 saturated heterocycles. The lowest BCUT2D eigenvalue weighted by Gasteiger charge is -2.33. The van der Waals surface area contributed by atoms with Crippen molar-refractivity contribution in [1.82, 2.24) is 19.7 Å². The van der Waals surface area contributed by atoms with Crippen LogP contribution >= 0.6 is 11.3 Å². The normalized spacial score (nSPS) is 19.8. The molecule has 0 bridgehead atoms. The van der Waals surface area contributed by atoms with E-state index in [2.05, 4.69) is 46.1 Å². The monoisotopic (exact) mass is 492 g/mol. The van der Waals surface area contributed by atoms with Crippen molar-refractivity contribution in [2.45, 2.75) is 51.5 Å². The zero-order valence-electron chi connectivity index (χ0n) is 20.6. The van der Waals surface area contributed by atoms with Gasteiger partial charge in [-0.25, -0.2) is 0 Å². The van der Waals surface area contributed by atoms with Crippen molar-refractivity contribution in [3.05, 3.63) is 53.5 Å². The summed E-state index contributed by atoms with van der Waals surface area (Å²) in [7, 11) is 0. The van der Waals surface area contributed by atoms with Gasteiger partial charge in [-0.2, -0.15) is 0 Å².